The van der Waals surface area contributed by atoms with Gasteiger partial charge in [-0.25, -0.2) is 13.6 Å². The van der Waals surface area contributed by atoms with Crippen LogP contribution in [0.3, 0.4) is 0 Å². The van der Waals surface area contributed by atoms with Gasteiger partial charge in [0, 0.05) is 17.9 Å². The van der Waals surface area contributed by atoms with E-state index < -0.39 is 10.0 Å². The molecule has 0 aromatic heterocycles. The molecule has 0 aliphatic rings. The van der Waals surface area contributed by atoms with Crippen LogP contribution in [0.15, 0.2) is 23.1 Å². The van der Waals surface area contributed by atoms with Crippen LogP contribution in [0.25, 0.3) is 0 Å². The summed E-state index contributed by atoms with van der Waals surface area (Å²) < 4.78 is 22.6. The summed E-state index contributed by atoms with van der Waals surface area (Å²) in [7, 11) is -3.73. The number of nitrogens with one attached hydrogen (secondary N) is 1. The van der Waals surface area contributed by atoms with Crippen molar-refractivity contribution in [3.63, 3.8) is 0 Å². The molecule has 0 atom stereocenters. The monoisotopic (exact) mass is 300 g/mol. The second kappa shape index (κ2) is 7.47. The van der Waals surface area contributed by atoms with E-state index >= 15 is 0 Å². The van der Waals surface area contributed by atoms with Crippen LogP contribution >= 0.6 is 0 Å². The molecule has 0 unspecified atom stereocenters. The Balaban J connectivity index is 2.59. The standard InChI is InChI=1S/C13H24N4O2S/c1-3-17(4-2)7-5-6-16-12-8-11(14)9-13(10-12)20(15,18)19/h8-10,16H,3-7,14H2,1-2H3,(H2,15,18,19). The van der Waals surface area contributed by atoms with Gasteiger partial charge in [0.1, 0.15) is 0 Å². The van der Waals surface area contributed by atoms with E-state index in [9.17, 15) is 8.42 Å². The summed E-state index contributed by atoms with van der Waals surface area (Å²) >= 11 is 0. The molecule has 0 fully saturated rings. The number of hydrogen-bond acceptors (Lipinski definition) is 5. The second-order valence-electron chi connectivity index (χ2n) is 4.64. The minimum atomic E-state index is -3.73. The largest absolute Gasteiger partial charge is 0.399 e. The average Bonchev–Trinajstić information content (AvgIpc) is 2.37. The highest BCUT2D eigenvalue weighted by Crippen LogP contribution is 2.19. The molecular weight excluding hydrogens is 276 g/mol. The third-order valence-electron chi connectivity index (χ3n) is 3.13. The van der Waals surface area contributed by atoms with Crippen LogP contribution in [-0.4, -0.2) is 39.5 Å². The van der Waals surface area contributed by atoms with Gasteiger partial charge in [0.2, 0.25) is 10.0 Å². The van der Waals surface area contributed by atoms with Crippen molar-refractivity contribution in [2.45, 2.75) is 25.2 Å². The Morgan fingerprint density at radius 1 is 1.20 bits per heavy atom. The molecule has 0 bridgehead atoms. The average molecular weight is 300 g/mol. The lowest BCUT2D eigenvalue weighted by Crippen LogP contribution is -2.25. The van der Waals surface area contributed by atoms with Crippen molar-refractivity contribution in [1.29, 1.82) is 0 Å². The molecule has 1 rings (SSSR count). The normalized spacial score (nSPS) is 11.8. The fraction of sp³-hybridized carbons (Fsp3) is 0.538. The van der Waals surface area contributed by atoms with Crippen LogP contribution in [0.1, 0.15) is 20.3 Å². The van der Waals surface area contributed by atoms with Gasteiger partial charge in [0.05, 0.1) is 4.90 Å². The lowest BCUT2D eigenvalue weighted by molar-refractivity contribution is 0.303. The maximum Gasteiger partial charge on any atom is 0.238 e. The summed E-state index contributed by atoms with van der Waals surface area (Å²) in [6.07, 6.45) is 0.973. The number of sulfonamides is 1. The first-order chi connectivity index (χ1) is 9.36. The highest BCUT2D eigenvalue weighted by molar-refractivity contribution is 7.89. The summed E-state index contributed by atoms with van der Waals surface area (Å²) in [4.78, 5) is 2.36. The van der Waals surface area contributed by atoms with E-state index in [-0.39, 0.29) is 4.90 Å². The molecule has 5 N–H and O–H groups in total. The minimum absolute atomic E-state index is 0.0312. The topological polar surface area (TPSA) is 101 Å². The Labute approximate surface area is 121 Å². The van der Waals surface area contributed by atoms with Crippen LogP contribution in [0.2, 0.25) is 0 Å². The molecule has 0 aliphatic carbocycles. The second-order valence-corrected chi connectivity index (χ2v) is 6.20. The lowest BCUT2D eigenvalue weighted by Gasteiger charge is -2.18. The van der Waals surface area contributed by atoms with Gasteiger partial charge in [-0.3, -0.25) is 0 Å². The van der Waals surface area contributed by atoms with E-state index in [0.717, 1.165) is 32.6 Å². The Bertz CT molecular complexity index is 527. The number of primary sulfonamides is 1. The molecule has 114 valence electrons. The summed E-state index contributed by atoms with van der Waals surface area (Å²) in [5, 5.41) is 8.28. The summed E-state index contributed by atoms with van der Waals surface area (Å²) in [6.45, 7) is 8.09. The van der Waals surface area contributed by atoms with Gasteiger partial charge in [-0.2, -0.15) is 0 Å². The molecular formula is C13H24N4O2S. The Kier molecular flexibility index (Phi) is 6.25. The number of nitrogens with zero attached hydrogens (tertiary/aromatic N) is 1. The molecule has 7 heteroatoms. The Morgan fingerprint density at radius 3 is 2.40 bits per heavy atom. The first-order valence-electron chi connectivity index (χ1n) is 6.76. The van der Waals surface area contributed by atoms with Gasteiger partial charge in [0.15, 0.2) is 0 Å². The lowest BCUT2D eigenvalue weighted by atomic mass is 10.2. The fourth-order valence-corrected chi connectivity index (χ4v) is 2.56. The highest BCUT2D eigenvalue weighted by atomic mass is 32.2. The molecule has 0 radical (unpaired) electrons. The Hall–Kier alpha value is -1.31. The molecule has 1 aromatic carbocycles. The predicted octanol–water partition coefficient (Wildman–Crippen LogP) is 1.06. The maximum atomic E-state index is 11.3. The van der Waals surface area contributed by atoms with Gasteiger partial charge >= 0.3 is 0 Å². The predicted molar refractivity (Wildman–Crippen MR) is 83.1 cm³/mol. The molecule has 0 heterocycles. The molecule has 0 saturated heterocycles. The number of hydrogen-bond donors (Lipinski definition) is 3. The third kappa shape index (κ3) is 5.36. The number of nitrogen functional groups attached to an aromatic ring is 1. The molecule has 0 aliphatic heterocycles. The van der Waals surface area contributed by atoms with Crippen molar-refractivity contribution in [1.82, 2.24) is 4.90 Å². The van der Waals surface area contributed by atoms with Crippen LogP contribution in [0.5, 0.6) is 0 Å². The van der Waals surface area contributed by atoms with Crippen LogP contribution < -0.4 is 16.2 Å². The van der Waals surface area contributed by atoms with Crippen LogP contribution in [-0.2, 0) is 10.0 Å². The van der Waals surface area contributed by atoms with Gasteiger partial charge < -0.3 is 16.0 Å². The van der Waals surface area contributed by atoms with E-state index in [2.05, 4.69) is 24.1 Å². The quantitative estimate of drug-likeness (QED) is 0.492. The molecule has 6 nitrogen and oxygen atoms in total. The van der Waals surface area contributed by atoms with Gasteiger partial charge in [-0.15, -0.1) is 0 Å². The number of benzene rings is 1. The van der Waals surface area contributed by atoms with E-state index in [1.807, 2.05) is 0 Å². The van der Waals surface area contributed by atoms with E-state index in [1.54, 1.807) is 6.07 Å². The fourth-order valence-electron chi connectivity index (χ4n) is 1.96. The van der Waals surface area contributed by atoms with E-state index in [1.165, 1.54) is 12.1 Å². The number of anilines is 2. The highest BCUT2D eigenvalue weighted by Gasteiger charge is 2.09. The van der Waals surface area contributed by atoms with Crippen molar-refractivity contribution in [3.05, 3.63) is 18.2 Å². The van der Waals surface area contributed by atoms with Gasteiger partial charge in [0.25, 0.3) is 0 Å². The number of rotatable bonds is 8. The summed E-state index contributed by atoms with van der Waals surface area (Å²) in [5.74, 6) is 0. The molecule has 0 saturated carbocycles. The first-order valence-corrected chi connectivity index (χ1v) is 8.31. The van der Waals surface area contributed by atoms with Crippen molar-refractivity contribution >= 4 is 21.4 Å². The summed E-state index contributed by atoms with van der Waals surface area (Å²) in [5.41, 5.74) is 6.74. The number of nitrogens with two attached hydrogens (primary N) is 2. The van der Waals surface area contributed by atoms with Gasteiger partial charge in [-0.1, -0.05) is 13.8 Å². The first kappa shape index (κ1) is 16.7. The smallest absolute Gasteiger partial charge is 0.238 e. The minimum Gasteiger partial charge on any atom is -0.399 e. The zero-order valence-electron chi connectivity index (χ0n) is 12.1. The summed E-state index contributed by atoms with van der Waals surface area (Å²) in [6, 6.07) is 4.56. The zero-order chi connectivity index (χ0) is 15.2. The van der Waals surface area contributed by atoms with Gasteiger partial charge in [-0.05, 0) is 44.3 Å². The molecule has 0 spiro atoms. The van der Waals surface area contributed by atoms with Crippen molar-refractivity contribution in [3.8, 4) is 0 Å². The van der Waals surface area contributed by atoms with Crippen LogP contribution in [0, 0.1) is 0 Å². The third-order valence-corrected chi connectivity index (χ3v) is 4.02. The molecule has 1 aromatic rings. The molecule has 20 heavy (non-hydrogen) atoms. The van der Waals surface area contributed by atoms with E-state index in [0.29, 0.717) is 11.4 Å². The van der Waals surface area contributed by atoms with Crippen molar-refractivity contribution < 1.29 is 8.42 Å². The van der Waals surface area contributed by atoms with Crippen molar-refractivity contribution in [2.75, 3.05) is 37.2 Å². The maximum absolute atomic E-state index is 11.3. The SMILES string of the molecule is CCN(CC)CCCNc1cc(N)cc(S(N)(=O)=O)c1. The van der Waals surface area contributed by atoms with Crippen LogP contribution in [0.4, 0.5) is 11.4 Å². The van der Waals surface area contributed by atoms with Crippen molar-refractivity contribution in [2.24, 2.45) is 5.14 Å². The zero-order valence-corrected chi connectivity index (χ0v) is 12.9. The Morgan fingerprint density at radius 2 is 1.85 bits per heavy atom. The van der Waals surface area contributed by atoms with E-state index in [4.69, 9.17) is 10.9 Å². The molecule has 0 amide bonds.